The summed E-state index contributed by atoms with van der Waals surface area (Å²) in [4.78, 5) is 38.9. The van der Waals surface area contributed by atoms with Gasteiger partial charge in [-0.25, -0.2) is 4.79 Å². The number of fused-ring (bicyclic) bond motifs is 2. The fraction of sp³-hybridized carbons (Fsp3) is 0.250. The van der Waals surface area contributed by atoms with E-state index in [1.165, 1.54) is 7.11 Å². The Bertz CT molecular complexity index is 903. The van der Waals surface area contributed by atoms with Gasteiger partial charge in [0.25, 0.3) is 11.8 Å². The van der Waals surface area contributed by atoms with Crippen LogP contribution in [0.2, 0.25) is 0 Å². The van der Waals surface area contributed by atoms with Crippen molar-refractivity contribution in [1.29, 1.82) is 0 Å². The maximum Gasteiger partial charge on any atom is 0.329 e. The van der Waals surface area contributed by atoms with E-state index in [0.717, 1.165) is 10.5 Å². The number of hydrogen-bond acceptors (Lipinski definition) is 6. The summed E-state index contributed by atoms with van der Waals surface area (Å²) in [7, 11) is 1.23. The standard InChI is InChI=1S/C20H17NO6/c1-25-20(24)15(10-12-6-7-16-17(11-12)27-9-8-26-16)21-18(22)13-4-2-3-5-14(13)19(21)23/h2-7,11,15H,8-10H2,1H3/t15-/m0/s1. The van der Waals surface area contributed by atoms with Crippen LogP contribution in [0.4, 0.5) is 0 Å². The van der Waals surface area contributed by atoms with Crippen molar-refractivity contribution in [3.05, 3.63) is 59.2 Å². The lowest BCUT2D eigenvalue weighted by molar-refractivity contribution is -0.145. The number of imide groups is 1. The molecule has 138 valence electrons. The van der Waals surface area contributed by atoms with E-state index in [2.05, 4.69) is 0 Å². The van der Waals surface area contributed by atoms with Crippen LogP contribution in [-0.2, 0) is 16.0 Å². The molecule has 0 aliphatic carbocycles. The predicted octanol–water partition coefficient (Wildman–Crippen LogP) is 1.84. The average molecular weight is 367 g/mol. The molecule has 27 heavy (non-hydrogen) atoms. The number of ether oxygens (including phenoxy) is 3. The third-order valence-electron chi connectivity index (χ3n) is 4.65. The highest BCUT2D eigenvalue weighted by molar-refractivity contribution is 6.22. The molecule has 0 aromatic heterocycles. The van der Waals surface area contributed by atoms with Crippen LogP contribution in [0.3, 0.4) is 0 Å². The van der Waals surface area contributed by atoms with Crippen LogP contribution in [0.1, 0.15) is 26.3 Å². The number of methoxy groups -OCH3 is 1. The van der Waals surface area contributed by atoms with Gasteiger partial charge in [-0.3, -0.25) is 14.5 Å². The molecule has 7 heteroatoms. The summed E-state index contributed by atoms with van der Waals surface area (Å²) in [6, 6.07) is 10.7. The van der Waals surface area contributed by atoms with Crippen molar-refractivity contribution >= 4 is 17.8 Å². The highest BCUT2D eigenvalue weighted by atomic mass is 16.6. The Kier molecular flexibility index (Phi) is 4.27. The Morgan fingerprint density at radius 2 is 1.67 bits per heavy atom. The van der Waals surface area contributed by atoms with Crippen LogP contribution in [0.15, 0.2) is 42.5 Å². The largest absolute Gasteiger partial charge is 0.486 e. The van der Waals surface area contributed by atoms with E-state index in [9.17, 15) is 14.4 Å². The second kappa shape index (κ2) is 6.75. The molecule has 2 aliphatic rings. The molecule has 2 heterocycles. The molecule has 0 spiro atoms. The SMILES string of the molecule is COC(=O)[C@H](Cc1ccc2c(c1)OCCO2)N1C(=O)c2ccccc2C1=O. The van der Waals surface area contributed by atoms with Gasteiger partial charge in [0.15, 0.2) is 11.5 Å². The van der Waals surface area contributed by atoms with Gasteiger partial charge in [-0.1, -0.05) is 18.2 Å². The maximum absolute atomic E-state index is 12.7. The number of benzene rings is 2. The van der Waals surface area contributed by atoms with Crippen LogP contribution < -0.4 is 9.47 Å². The summed E-state index contributed by atoms with van der Waals surface area (Å²) in [6.07, 6.45) is 0.120. The van der Waals surface area contributed by atoms with Crippen LogP contribution in [0.25, 0.3) is 0 Å². The van der Waals surface area contributed by atoms with Crippen molar-refractivity contribution in [2.45, 2.75) is 12.5 Å². The zero-order valence-electron chi connectivity index (χ0n) is 14.6. The number of esters is 1. The summed E-state index contributed by atoms with van der Waals surface area (Å²) >= 11 is 0. The van der Waals surface area contributed by atoms with Gasteiger partial charge < -0.3 is 14.2 Å². The summed E-state index contributed by atoms with van der Waals surface area (Å²) in [5.41, 5.74) is 1.31. The van der Waals surface area contributed by atoms with Gasteiger partial charge in [0.2, 0.25) is 0 Å². The lowest BCUT2D eigenvalue weighted by Gasteiger charge is -2.25. The Labute approximate surface area is 155 Å². The first-order valence-electron chi connectivity index (χ1n) is 8.53. The molecule has 0 unspecified atom stereocenters. The van der Waals surface area contributed by atoms with E-state index in [4.69, 9.17) is 14.2 Å². The molecule has 0 saturated heterocycles. The minimum absolute atomic E-state index is 0.120. The molecule has 4 rings (SSSR count). The van der Waals surface area contributed by atoms with E-state index < -0.39 is 23.8 Å². The number of hydrogen-bond donors (Lipinski definition) is 0. The molecular weight excluding hydrogens is 350 g/mol. The second-order valence-corrected chi connectivity index (χ2v) is 6.25. The van der Waals surface area contributed by atoms with Crippen molar-refractivity contribution in [1.82, 2.24) is 4.90 Å². The zero-order valence-corrected chi connectivity index (χ0v) is 14.6. The molecule has 2 aromatic rings. The van der Waals surface area contributed by atoms with Gasteiger partial charge in [0.05, 0.1) is 18.2 Å². The lowest BCUT2D eigenvalue weighted by Crippen LogP contribution is -2.46. The Morgan fingerprint density at radius 1 is 1.04 bits per heavy atom. The smallest absolute Gasteiger partial charge is 0.329 e. The summed E-state index contributed by atoms with van der Waals surface area (Å²) in [5.74, 6) is -0.448. The van der Waals surface area contributed by atoms with Crippen molar-refractivity contribution in [2.75, 3.05) is 20.3 Å². The Hall–Kier alpha value is -3.35. The van der Waals surface area contributed by atoms with Crippen LogP contribution >= 0.6 is 0 Å². The molecule has 0 saturated carbocycles. The summed E-state index contributed by atoms with van der Waals surface area (Å²) in [5, 5.41) is 0. The number of amides is 2. The average Bonchev–Trinajstić information content (AvgIpc) is 2.96. The van der Waals surface area contributed by atoms with Crippen molar-refractivity contribution < 1.29 is 28.6 Å². The summed E-state index contributed by atoms with van der Waals surface area (Å²) < 4.78 is 15.9. The quantitative estimate of drug-likeness (QED) is 0.606. The fourth-order valence-electron chi connectivity index (χ4n) is 3.35. The molecule has 7 nitrogen and oxygen atoms in total. The molecule has 2 aliphatic heterocycles. The lowest BCUT2D eigenvalue weighted by atomic mass is 10.0. The van der Waals surface area contributed by atoms with Gasteiger partial charge in [0.1, 0.15) is 19.3 Å². The van der Waals surface area contributed by atoms with Crippen LogP contribution in [0.5, 0.6) is 11.5 Å². The normalized spacial score (nSPS) is 16.1. The summed E-state index contributed by atoms with van der Waals surface area (Å²) in [6.45, 7) is 0.918. The van der Waals surface area contributed by atoms with E-state index in [1.807, 2.05) is 0 Å². The maximum atomic E-state index is 12.7. The number of rotatable bonds is 4. The number of carbonyl (C=O) groups excluding carboxylic acids is 3. The fourth-order valence-corrected chi connectivity index (χ4v) is 3.35. The van der Waals surface area contributed by atoms with E-state index in [1.54, 1.807) is 42.5 Å². The molecule has 0 radical (unpaired) electrons. The topological polar surface area (TPSA) is 82.1 Å². The first-order valence-corrected chi connectivity index (χ1v) is 8.53. The van der Waals surface area contributed by atoms with E-state index in [0.29, 0.717) is 35.8 Å². The molecule has 0 N–H and O–H groups in total. The molecule has 2 amide bonds. The van der Waals surface area contributed by atoms with Gasteiger partial charge in [0, 0.05) is 6.42 Å². The van der Waals surface area contributed by atoms with Crippen molar-refractivity contribution in [2.24, 2.45) is 0 Å². The van der Waals surface area contributed by atoms with Crippen LogP contribution in [0, 0.1) is 0 Å². The second-order valence-electron chi connectivity index (χ2n) is 6.25. The monoisotopic (exact) mass is 367 g/mol. The molecule has 1 atom stereocenters. The molecule has 0 bridgehead atoms. The Balaban J connectivity index is 1.66. The number of carbonyl (C=O) groups is 3. The van der Waals surface area contributed by atoms with Gasteiger partial charge >= 0.3 is 5.97 Å². The van der Waals surface area contributed by atoms with Crippen LogP contribution in [-0.4, -0.2) is 49.0 Å². The van der Waals surface area contributed by atoms with Gasteiger partial charge in [-0.2, -0.15) is 0 Å². The van der Waals surface area contributed by atoms with Crippen molar-refractivity contribution in [3.8, 4) is 11.5 Å². The van der Waals surface area contributed by atoms with Gasteiger partial charge in [-0.15, -0.1) is 0 Å². The Morgan fingerprint density at radius 3 is 2.30 bits per heavy atom. The third kappa shape index (κ3) is 2.91. The highest BCUT2D eigenvalue weighted by Crippen LogP contribution is 2.32. The van der Waals surface area contributed by atoms with Crippen molar-refractivity contribution in [3.63, 3.8) is 0 Å². The number of nitrogens with zero attached hydrogens (tertiary/aromatic N) is 1. The third-order valence-corrected chi connectivity index (χ3v) is 4.65. The van der Waals surface area contributed by atoms with Gasteiger partial charge in [-0.05, 0) is 29.8 Å². The minimum atomic E-state index is -1.06. The first kappa shape index (κ1) is 17.1. The zero-order chi connectivity index (χ0) is 19.0. The highest BCUT2D eigenvalue weighted by Gasteiger charge is 2.43. The van der Waals surface area contributed by atoms with E-state index >= 15 is 0 Å². The molecule has 2 aromatic carbocycles. The molecular formula is C20H17NO6. The predicted molar refractivity (Wildman–Crippen MR) is 93.9 cm³/mol. The minimum Gasteiger partial charge on any atom is -0.486 e. The molecule has 0 fully saturated rings. The van der Waals surface area contributed by atoms with E-state index in [-0.39, 0.29) is 6.42 Å². The first-order chi connectivity index (χ1) is 13.1.